The number of unbranched alkanes of at least 4 members (excludes halogenated alkanes) is 9. The maximum Gasteiger partial charge on any atom is 0.119 e. The molecule has 6 heteroatoms. The number of nitrogens with zero attached hydrogens (tertiary/aromatic N) is 1. The third-order valence-corrected chi connectivity index (χ3v) is 6.29. The minimum atomic E-state index is 0.500. The van der Waals surface area contributed by atoms with Crippen LogP contribution in [0.5, 0.6) is 11.5 Å². The zero-order chi connectivity index (χ0) is 27.6. The van der Waals surface area contributed by atoms with Gasteiger partial charge in [0, 0.05) is 12.8 Å². The van der Waals surface area contributed by atoms with Crippen molar-refractivity contribution in [2.75, 3.05) is 52.9 Å². The second kappa shape index (κ2) is 23.5. The molecule has 0 aromatic heterocycles. The highest BCUT2D eigenvalue weighted by molar-refractivity contribution is 5.82. The van der Waals surface area contributed by atoms with Gasteiger partial charge in [0.2, 0.25) is 0 Å². The molecule has 0 heterocycles. The topological polar surface area (TPSA) is 58.5 Å². The summed E-state index contributed by atoms with van der Waals surface area (Å²) in [5.74, 6) is 1.72. The Balaban J connectivity index is 1.51. The molecule has 0 bridgehead atoms. The quantitative estimate of drug-likeness (QED) is 0.0937. The summed E-state index contributed by atoms with van der Waals surface area (Å²) < 4.78 is 27.8. The van der Waals surface area contributed by atoms with Gasteiger partial charge in [0.15, 0.2) is 0 Å². The van der Waals surface area contributed by atoms with Crippen LogP contribution < -0.4 is 9.47 Å². The largest absolute Gasteiger partial charge is 0.494 e. The number of rotatable bonds is 25. The van der Waals surface area contributed by atoms with E-state index < -0.39 is 0 Å². The lowest BCUT2D eigenvalue weighted by Gasteiger charge is -2.08. The molecule has 218 valence electrons. The Morgan fingerprint density at radius 2 is 1.00 bits per heavy atom. The van der Waals surface area contributed by atoms with Gasteiger partial charge in [0.25, 0.3) is 0 Å². The molecule has 0 spiro atoms. The molecular formula is C33H51NO5. The van der Waals surface area contributed by atoms with Crippen molar-refractivity contribution >= 4 is 11.9 Å². The second-order valence-corrected chi connectivity index (χ2v) is 9.62. The molecule has 2 rings (SSSR count). The number of ether oxygens (including phenoxy) is 5. The molecule has 39 heavy (non-hydrogen) atoms. The Kier molecular flexibility index (Phi) is 19.7. The molecule has 0 aliphatic heterocycles. The van der Waals surface area contributed by atoms with Crippen molar-refractivity contribution in [2.24, 2.45) is 4.99 Å². The summed E-state index contributed by atoms with van der Waals surface area (Å²) in [5, 5.41) is 0. The van der Waals surface area contributed by atoms with E-state index >= 15 is 0 Å². The van der Waals surface area contributed by atoms with Crippen LogP contribution in [-0.4, -0.2) is 59.1 Å². The molecule has 0 unspecified atom stereocenters. The van der Waals surface area contributed by atoms with Crippen LogP contribution in [0.15, 0.2) is 53.5 Å². The van der Waals surface area contributed by atoms with E-state index in [9.17, 15) is 0 Å². The zero-order valence-corrected chi connectivity index (χ0v) is 24.4. The standard InChI is InChI=1S/C33H51NO5/c1-3-5-6-7-8-9-10-11-12-13-22-38-33-20-16-31(17-21-33)34-29-30-14-18-32(19-15-30)39-28-27-37-26-25-36-24-23-35-4-2/h14-21,29H,3-13,22-28H2,1-2H3. The second-order valence-electron chi connectivity index (χ2n) is 9.62. The van der Waals surface area contributed by atoms with Crippen LogP contribution in [-0.2, 0) is 14.2 Å². The molecule has 6 nitrogen and oxygen atoms in total. The highest BCUT2D eigenvalue weighted by Crippen LogP contribution is 2.19. The fourth-order valence-electron chi connectivity index (χ4n) is 4.01. The summed E-state index contributed by atoms with van der Waals surface area (Å²) in [6.07, 6.45) is 15.2. The van der Waals surface area contributed by atoms with Crippen LogP contribution in [0.2, 0.25) is 0 Å². The fraction of sp³-hybridized carbons (Fsp3) is 0.606. The Hall–Kier alpha value is -2.41. The van der Waals surface area contributed by atoms with E-state index in [1.807, 2.05) is 61.7 Å². The first kappa shape index (κ1) is 32.8. The third-order valence-electron chi connectivity index (χ3n) is 6.29. The van der Waals surface area contributed by atoms with Crippen LogP contribution in [0, 0.1) is 0 Å². The predicted molar refractivity (Wildman–Crippen MR) is 161 cm³/mol. The lowest BCUT2D eigenvalue weighted by molar-refractivity contribution is 0.0114. The minimum Gasteiger partial charge on any atom is -0.494 e. The van der Waals surface area contributed by atoms with E-state index in [1.54, 1.807) is 0 Å². The van der Waals surface area contributed by atoms with Crippen molar-refractivity contribution in [1.82, 2.24) is 0 Å². The van der Waals surface area contributed by atoms with Crippen LogP contribution in [0.4, 0.5) is 5.69 Å². The highest BCUT2D eigenvalue weighted by atomic mass is 16.6. The van der Waals surface area contributed by atoms with Crippen molar-refractivity contribution in [3.8, 4) is 11.5 Å². The molecular weight excluding hydrogens is 490 g/mol. The summed E-state index contributed by atoms with van der Waals surface area (Å²) in [4.78, 5) is 4.58. The van der Waals surface area contributed by atoms with Crippen LogP contribution in [0.3, 0.4) is 0 Å². The molecule has 0 saturated heterocycles. The molecule has 0 radical (unpaired) electrons. The first-order valence-electron chi connectivity index (χ1n) is 15.0. The van der Waals surface area contributed by atoms with Crippen molar-refractivity contribution < 1.29 is 23.7 Å². The molecule has 0 fully saturated rings. The van der Waals surface area contributed by atoms with E-state index in [4.69, 9.17) is 23.7 Å². The van der Waals surface area contributed by atoms with Gasteiger partial charge in [-0.05, 0) is 67.4 Å². The van der Waals surface area contributed by atoms with Gasteiger partial charge in [-0.25, -0.2) is 0 Å². The monoisotopic (exact) mass is 541 g/mol. The third kappa shape index (κ3) is 17.7. The van der Waals surface area contributed by atoms with Crippen LogP contribution in [0.25, 0.3) is 0 Å². The lowest BCUT2D eigenvalue weighted by atomic mass is 10.1. The first-order chi connectivity index (χ1) is 19.3. The van der Waals surface area contributed by atoms with Crippen LogP contribution in [0.1, 0.15) is 83.6 Å². The highest BCUT2D eigenvalue weighted by Gasteiger charge is 1.98. The minimum absolute atomic E-state index is 0.500. The van der Waals surface area contributed by atoms with Gasteiger partial charge >= 0.3 is 0 Å². The Morgan fingerprint density at radius 3 is 1.59 bits per heavy atom. The smallest absolute Gasteiger partial charge is 0.119 e. The maximum atomic E-state index is 5.90. The molecule has 2 aromatic rings. The average molecular weight is 542 g/mol. The Morgan fingerprint density at radius 1 is 0.513 bits per heavy atom. The molecule has 0 aliphatic carbocycles. The van der Waals surface area contributed by atoms with E-state index in [0.29, 0.717) is 46.2 Å². The summed E-state index contributed by atoms with van der Waals surface area (Å²) in [6.45, 7) is 9.11. The molecule has 0 amide bonds. The Bertz CT molecular complexity index is 838. The van der Waals surface area contributed by atoms with Gasteiger partial charge in [-0.1, -0.05) is 64.7 Å². The van der Waals surface area contributed by atoms with Gasteiger partial charge in [-0.3, -0.25) is 4.99 Å². The summed E-state index contributed by atoms with van der Waals surface area (Å²) in [6, 6.07) is 15.9. The summed E-state index contributed by atoms with van der Waals surface area (Å²) >= 11 is 0. The average Bonchev–Trinajstić information content (AvgIpc) is 2.97. The molecule has 0 N–H and O–H groups in total. The van der Waals surface area contributed by atoms with Crippen LogP contribution >= 0.6 is 0 Å². The van der Waals surface area contributed by atoms with E-state index in [1.165, 1.54) is 57.8 Å². The number of aliphatic imine (C=N–C) groups is 1. The van der Waals surface area contributed by atoms with E-state index in [-0.39, 0.29) is 0 Å². The van der Waals surface area contributed by atoms with E-state index in [2.05, 4.69) is 11.9 Å². The summed E-state index contributed by atoms with van der Waals surface area (Å²) in [7, 11) is 0. The number of hydrogen-bond acceptors (Lipinski definition) is 6. The number of benzene rings is 2. The van der Waals surface area contributed by atoms with Gasteiger partial charge in [-0.15, -0.1) is 0 Å². The SMILES string of the molecule is CCCCCCCCCCCCOc1ccc(N=Cc2ccc(OCCOCCOCCOCC)cc2)cc1. The maximum absolute atomic E-state index is 5.90. The molecule has 2 aromatic carbocycles. The Labute approximate surface area is 237 Å². The molecule has 0 atom stereocenters. The van der Waals surface area contributed by atoms with Gasteiger partial charge < -0.3 is 23.7 Å². The van der Waals surface area contributed by atoms with E-state index in [0.717, 1.165) is 35.8 Å². The van der Waals surface area contributed by atoms with Gasteiger partial charge in [-0.2, -0.15) is 0 Å². The lowest BCUT2D eigenvalue weighted by Crippen LogP contribution is -2.12. The zero-order valence-electron chi connectivity index (χ0n) is 24.4. The number of hydrogen-bond donors (Lipinski definition) is 0. The van der Waals surface area contributed by atoms with Gasteiger partial charge in [0.1, 0.15) is 18.1 Å². The normalized spacial score (nSPS) is 11.3. The predicted octanol–water partition coefficient (Wildman–Crippen LogP) is 8.19. The molecule has 0 aliphatic rings. The van der Waals surface area contributed by atoms with Crippen molar-refractivity contribution in [1.29, 1.82) is 0 Å². The van der Waals surface area contributed by atoms with Crippen molar-refractivity contribution in [3.63, 3.8) is 0 Å². The fourth-order valence-corrected chi connectivity index (χ4v) is 4.01. The first-order valence-corrected chi connectivity index (χ1v) is 15.0. The van der Waals surface area contributed by atoms with Crippen molar-refractivity contribution in [3.05, 3.63) is 54.1 Å². The van der Waals surface area contributed by atoms with Gasteiger partial charge in [0.05, 0.1) is 45.3 Å². The van der Waals surface area contributed by atoms with Crippen molar-refractivity contribution in [2.45, 2.75) is 78.1 Å². The summed E-state index contributed by atoms with van der Waals surface area (Å²) in [5.41, 5.74) is 1.92. The molecule has 0 saturated carbocycles.